The Hall–Kier alpha value is -2.64. The second kappa shape index (κ2) is 7.65. The number of rotatable bonds is 4. The topological polar surface area (TPSA) is 45.6 Å². The lowest BCUT2D eigenvalue weighted by Gasteiger charge is -2.26. The van der Waals surface area contributed by atoms with Gasteiger partial charge in [0.05, 0.1) is 13.1 Å². The molecule has 150 valence electrons. The third-order valence-electron chi connectivity index (χ3n) is 5.84. The molecule has 5 rings (SSSR count). The maximum atomic E-state index is 5.88. The van der Waals surface area contributed by atoms with E-state index in [9.17, 15) is 0 Å². The first-order chi connectivity index (χ1) is 14.2. The highest BCUT2D eigenvalue weighted by atomic mass is 32.1. The summed E-state index contributed by atoms with van der Waals surface area (Å²) in [5, 5.41) is 4.95. The molecular formula is C22H25N4O2S+. The fraction of sp³-hybridized carbons (Fsp3) is 0.364. The molecule has 1 saturated heterocycles. The van der Waals surface area contributed by atoms with E-state index in [1.807, 2.05) is 41.1 Å². The Balaban J connectivity index is 1.57. The second-order valence-electron chi connectivity index (χ2n) is 7.94. The molecule has 1 fully saturated rings. The standard InChI is InChI=1S/C22H24N4O2S/c1-16-9-11-24(12-10-16)14-25-22(29)26(18-5-3-2-4-6-18)21(23-25)17-7-8-19-20(13-17)28-15-27-19/h2-8,13,16H,9-12,14-15H2,1H3/p+1. The highest BCUT2D eigenvalue weighted by molar-refractivity contribution is 7.71. The van der Waals surface area contributed by atoms with Crippen molar-refractivity contribution < 1.29 is 14.4 Å². The lowest BCUT2D eigenvalue weighted by molar-refractivity contribution is -0.929. The zero-order valence-electron chi connectivity index (χ0n) is 16.5. The molecule has 0 radical (unpaired) electrons. The molecular weight excluding hydrogens is 384 g/mol. The Kier molecular flexibility index (Phi) is 4.85. The third kappa shape index (κ3) is 3.56. The number of quaternary nitrogens is 1. The third-order valence-corrected chi connectivity index (χ3v) is 6.23. The molecule has 1 aromatic heterocycles. The van der Waals surface area contributed by atoms with Crippen LogP contribution in [0.4, 0.5) is 0 Å². The highest BCUT2D eigenvalue weighted by Gasteiger charge is 2.23. The summed E-state index contributed by atoms with van der Waals surface area (Å²) in [5.41, 5.74) is 1.98. The van der Waals surface area contributed by atoms with Crippen LogP contribution in [0.3, 0.4) is 0 Å². The monoisotopic (exact) mass is 409 g/mol. The molecule has 2 aliphatic rings. The Morgan fingerprint density at radius 2 is 1.83 bits per heavy atom. The molecule has 7 heteroatoms. The van der Waals surface area contributed by atoms with Crippen LogP contribution in [0.2, 0.25) is 0 Å². The zero-order chi connectivity index (χ0) is 19.8. The van der Waals surface area contributed by atoms with Crippen molar-refractivity contribution in [1.29, 1.82) is 0 Å². The molecule has 0 atom stereocenters. The number of piperidine rings is 1. The molecule has 3 aromatic rings. The fourth-order valence-electron chi connectivity index (χ4n) is 4.08. The van der Waals surface area contributed by atoms with Gasteiger partial charge in [-0.15, -0.1) is 5.10 Å². The first-order valence-electron chi connectivity index (χ1n) is 10.2. The van der Waals surface area contributed by atoms with Crippen molar-refractivity contribution in [2.45, 2.75) is 26.4 Å². The maximum Gasteiger partial charge on any atom is 0.231 e. The van der Waals surface area contributed by atoms with Crippen molar-refractivity contribution in [2.24, 2.45) is 5.92 Å². The van der Waals surface area contributed by atoms with Gasteiger partial charge in [-0.2, -0.15) is 4.68 Å². The number of aromatic nitrogens is 3. The second-order valence-corrected chi connectivity index (χ2v) is 8.30. The van der Waals surface area contributed by atoms with E-state index in [2.05, 4.69) is 23.6 Å². The van der Waals surface area contributed by atoms with Gasteiger partial charge in [-0.05, 0) is 61.3 Å². The number of hydrogen-bond donors (Lipinski definition) is 1. The van der Waals surface area contributed by atoms with Crippen LogP contribution >= 0.6 is 12.2 Å². The molecule has 2 aromatic carbocycles. The summed E-state index contributed by atoms with van der Waals surface area (Å²) >= 11 is 5.88. The largest absolute Gasteiger partial charge is 0.454 e. The molecule has 2 aliphatic heterocycles. The van der Waals surface area contributed by atoms with Crippen LogP contribution < -0.4 is 14.4 Å². The van der Waals surface area contributed by atoms with Crippen molar-refractivity contribution in [2.75, 3.05) is 19.9 Å². The number of likely N-dealkylation sites (tertiary alicyclic amines) is 1. The van der Waals surface area contributed by atoms with Gasteiger partial charge < -0.3 is 14.4 Å². The zero-order valence-corrected chi connectivity index (χ0v) is 17.3. The molecule has 1 N–H and O–H groups in total. The molecule has 0 unspecified atom stereocenters. The number of nitrogens with zero attached hydrogens (tertiary/aromatic N) is 3. The van der Waals surface area contributed by atoms with Crippen LogP contribution in [0.25, 0.3) is 17.1 Å². The normalized spacial score (nSPS) is 20.7. The molecule has 0 aliphatic carbocycles. The average Bonchev–Trinajstić information content (AvgIpc) is 3.34. The van der Waals surface area contributed by atoms with Gasteiger partial charge in [-0.1, -0.05) is 25.1 Å². The van der Waals surface area contributed by atoms with Crippen LogP contribution in [0.15, 0.2) is 48.5 Å². The Labute approximate surface area is 175 Å². The van der Waals surface area contributed by atoms with Gasteiger partial charge in [0.25, 0.3) is 0 Å². The predicted molar refractivity (Wildman–Crippen MR) is 113 cm³/mol. The molecule has 0 saturated carbocycles. The van der Waals surface area contributed by atoms with Gasteiger partial charge in [0.2, 0.25) is 11.6 Å². The van der Waals surface area contributed by atoms with E-state index in [0.29, 0.717) is 0 Å². The molecule has 29 heavy (non-hydrogen) atoms. The van der Waals surface area contributed by atoms with E-state index in [4.69, 9.17) is 26.8 Å². The minimum Gasteiger partial charge on any atom is -0.454 e. The minimum atomic E-state index is 0.259. The van der Waals surface area contributed by atoms with Gasteiger partial charge in [0.15, 0.2) is 24.0 Å². The first kappa shape index (κ1) is 18.4. The Morgan fingerprint density at radius 1 is 1.07 bits per heavy atom. The summed E-state index contributed by atoms with van der Waals surface area (Å²) in [6, 6.07) is 16.1. The summed E-state index contributed by atoms with van der Waals surface area (Å²) in [6.45, 7) is 5.73. The highest BCUT2D eigenvalue weighted by Crippen LogP contribution is 2.36. The Bertz CT molecular complexity index is 1070. The van der Waals surface area contributed by atoms with Gasteiger partial charge in [-0.3, -0.25) is 4.57 Å². The number of benzene rings is 2. The van der Waals surface area contributed by atoms with E-state index in [1.54, 1.807) is 0 Å². The molecule has 6 nitrogen and oxygen atoms in total. The summed E-state index contributed by atoms with van der Waals surface area (Å²) in [5.74, 6) is 3.16. The summed E-state index contributed by atoms with van der Waals surface area (Å²) in [4.78, 5) is 1.54. The van der Waals surface area contributed by atoms with Crippen molar-refractivity contribution in [3.63, 3.8) is 0 Å². The van der Waals surface area contributed by atoms with Crippen molar-refractivity contribution in [3.05, 3.63) is 53.3 Å². The van der Waals surface area contributed by atoms with E-state index >= 15 is 0 Å². The lowest BCUT2D eigenvalue weighted by atomic mass is 10.00. The van der Waals surface area contributed by atoms with Crippen LogP contribution in [-0.2, 0) is 6.67 Å². The predicted octanol–water partition coefficient (Wildman–Crippen LogP) is 3.07. The van der Waals surface area contributed by atoms with Crippen molar-refractivity contribution in [1.82, 2.24) is 14.3 Å². The van der Waals surface area contributed by atoms with E-state index in [0.717, 1.165) is 45.9 Å². The van der Waals surface area contributed by atoms with Gasteiger partial charge in [-0.25, -0.2) is 0 Å². The number of para-hydroxylation sites is 1. The Morgan fingerprint density at radius 3 is 2.62 bits per heavy atom. The summed E-state index contributed by atoms with van der Waals surface area (Å²) in [7, 11) is 0. The molecule has 0 bridgehead atoms. The minimum absolute atomic E-state index is 0.259. The first-order valence-corrected chi connectivity index (χ1v) is 10.6. The van der Waals surface area contributed by atoms with Gasteiger partial charge >= 0.3 is 0 Å². The van der Waals surface area contributed by atoms with Crippen LogP contribution in [-0.4, -0.2) is 34.2 Å². The van der Waals surface area contributed by atoms with Crippen LogP contribution in [0.5, 0.6) is 11.5 Å². The maximum absolute atomic E-state index is 5.88. The smallest absolute Gasteiger partial charge is 0.231 e. The average molecular weight is 410 g/mol. The van der Waals surface area contributed by atoms with E-state index in [1.165, 1.54) is 30.8 Å². The SMILES string of the molecule is CC1CC[NH+](Cn2nc(-c3ccc4c(c3)OCO4)n(-c3ccccc3)c2=S)CC1. The molecule has 0 amide bonds. The van der Waals surface area contributed by atoms with Crippen LogP contribution in [0, 0.1) is 10.7 Å². The van der Waals surface area contributed by atoms with Gasteiger partial charge in [0, 0.05) is 11.3 Å². The van der Waals surface area contributed by atoms with Crippen LogP contribution in [0.1, 0.15) is 19.8 Å². The van der Waals surface area contributed by atoms with Gasteiger partial charge in [0.1, 0.15) is 0 Å². The fourth-order valence-corrected chi connectivity index (χ4v) is 4.38. The van der Waals surface area contributed by atoms with Crippen molar-refractivity contribution in [3.8, 4) is 28.6 Å². The number of nitrogens with one attached hydrogen (secondary N) is 1. The van der Waals surface area contributed by atoms with E-state index in [-0.39, 0.29) is 6.79 Å². The summed E-state index contributed by atoms with van der Waals surface area (Å²) < 4.78 is 15.8. The van der Waals surface area contributed by atoms with Crippen molar-refractivity contribution >= 4 is 12.2 Å². The quantitative estimate of drug-likeness (QED) is 0.673. The lowest BCUT2D eigenvalue weighted by Crippen LogP contribution is -3.12. The number of fused-ring (bicyclic) bond motifs is 1. The number of hydrogen-bond acceptors (Lipinski definition) is 4. The molecule has 3 heterocycles. The summed E-state index contributed by atoms with van der Waals surface area (Å²) in [6.07, 6.45) is 2.52. The van der Waals surface area contributed by atoms with E-state index < -0.39 is 0 Å². The number of ether oxygens (including phenoxy) is 2. The molecule has 0 spiro atoms.